The smallest absolute Gasteiger partial charge is 0.0664 e. The first-order chi connectivity index (χ1) is 5.81. The molecular weight excluding hydrogens is 150 g/mol. The zero-order valence-corrected chi connectivity index (χ0v) is 8.05. The Morgan fingerprint density at radius 2 is 2.33 bits per heavy atom. The third-order valence-electron chi connectivity index (χ3n) is 1.76. The van der Waals surface area contributed by atoms with Crippen molar-refractivity contribution < 1.29 is 5.11 Å². The van der Waals surface area contributed by atoms with Crippen LogP contribution in [0.4, 0.5) is 0 Å². The molecule has 0 rings (SSSR count). The van der Waals surface area contributed by atoms with Crippen molar-refractivity contribution in [1.29, 1.82) is 0 Å². The predicted octanol–water partition coefficient (Wildman–Crippen LogP) is 1.70. The van der Waals surface area contributed by atoms with Crippen molar-refractivity contribution in [2.24, 2.45) is 0 Å². The molecule has 0 saturated carbocycles. The Morgan fingerprint density at radius 1 is 1.58 bits per heavy atom. The first kappa shape index (κ1) is 11.7. The fraction of sp³-hybridized carbons (Fsp3) is 0.800. The van der Waals surface area contributed by atoms with E-state index in [2.05, 4.69) is 18.8 Å². The quantitative estimate of drug-likeness (QED) is 0.430. The number of unbranched alkanes of at least 4 members (excludes halogenated alkanes) is 1. The first-order valence-electron chi connectivity index (χ1n) is 4.81. The van der Waals surface area contributed by atoms with E-state index in [-0.39, 0.29) is 6.10 Å². The van der Waals surface area contributed by atoms with Crippen molar-refractivity contribution in [2.75, 3.05) is 13.1 Å². The number of hydrogen-bond donors (Lipinski definition) is 2. The van der Waals surface area contributed by atoms with Gasteiger partial charge in [0.25, 0.3) is 0 Å². The number of hydrogen-bond acceptors (Lipinski definition) is 2. The molecule has 0 aliphatic rings. The van der Waals surface area contributed by atoms with Crippen molar-refractivity contribution in [1.82, 2.24) is 5.32 Å². The molecule has 0 aromatic rings. The highest BCUT2D eigenvalue weighted by atomic mass is 16.3. The molecule has 0 bridgehead atoms. The van der Waals surface area contributed by atoms with Gasteiger partial charge in [0.1, 0.15) is 0 Å². The van der Waals surface area contributed by atoms with Gasteiger partial charge in [-0.3, -0.25) is 0 Å². The summed E-state index contributed by atoms with van der Waals surface area (Å²) in [4.78, 5) is 0. The van der Waals surface area contributed by atoms with E-state index in [1.807, 2.05) is 6.08 Å². The van der Waals surface area contributed by atoms with Gasteiger partial charge in [-0.05, 0) is 25.8 Å². The van der Waals surface area contributed by atoms with Crippen LogP contribution in [0.5, 0.6) is 0 Å². The number of aliphatic hydroxyl groups excluding tert-OH is 1. The lowest BCUT2D eigenvalue weighted by Crippen LogP contribution is -2.27. The molecule has 0 saturated heterocycles. The van der Waals surface area contributed by atoms with Crippen molar-refractivity contribution in [3.63, 3.8) is 0 Å². The van der Waals surface area contributed by atoms with Crippen LogP contribution < -0.4 is 5.32 Å². The monoisotopic (exact) mass is 171 g/mol. The van der Waals surface area contributed by atoms with Gasteiger partial charge < -0.3 is 10.4 Å². The summed E-state index contributed by atoms with van der Waals surface area (Å²) in [6.07, 6.45) is 5.87. The van der Waals surface area contributed by atoms with Gasteiger partial charge >= 0.3 is 0 Å². The van der Waals surface area contributed by atoms with Crippen LogP contribution in [0.15, 0.2) is 12.7 Å². The summed E-state index contributed by atoms with van der Waals surface area (Å²) < 4.78 is 0. The van der Waals surface area contributed by atoms with Crippen LogP contribution in [-0.2, 0) is 0 Å². The fourth-order valence-electron chi connectivity index (χ4n) is 1.08. The van der Waals surface area contributed by atoms with Crippen LogP contribution in [0.3, 0.4) is 0 Å². The van der Waals surface area contributed by atoms with Gasteiger partial charge in [-0.25, -0.2) is 0 Å². The van der Waals surface area contributed by atoms with E-state index in [9.17, 15) is 5.11 Å². The summed E-state index contributed by atoms with van der Waals surface area (Å²) in [6, 6.07) is 0. The summed E-state index contributed by atoms with van der Waals surface area (Å²) in [6.45, 7) is 7.44. The average molecular weight is 171 g/mol. The Hall–Kier alpha value is -0.340. The van der Waals surface area contributed by atoms with E-state index in [0.29, 0.717) is 0 Å². The maximum atomic E-state index is 9.32. The van der Waals surface area contributed by atoms with E-state index >= 15 is 0 Å². The number of allylic oxidation sites excluding steroid dienone is 1. The van der Waals surface area contributed by atoms with E-state index in [0.717, 1.165) is 38.8 Å². The minimum atomic E-state index is -0.168. The fourth-order valence-corrected chi connectivity index (χ4v) is 1.08. The Labute approximate surface area is 75.7 Å². The standard InChI is InChI=1S/C10H21NO/c1-3-5-6-8-11-9-10(12)7-4-2/h3,10-12H,1,4-9H2,2H3. The normalized spacial score (nSPS) is 12.8. The van der Waals surface area contributed by atoms with Crippen molar-refractivity contribution >= 4 is 0 Å². The Bertz CT molecular complexity index is 104. The second kappa shape index (κ2) is 8.75. The van der Waals surface area contributed by atoms with Gasteiger partial charge in [0.05, 0.1) is 6.10 Å². The third-order valence-corrected chi connectivity index (χ3v) is 1.76. The number of nitrogens with one attached hydrogen (secondary N) is 1. The summed E-state index contributed by atoms with van der Waals surface area (Å²) in [5.74, 6) is 0. The zero-order chi connectivity index (χ0) is 9.23. The first-order valence-corrected chi connectivity index (χ1v) is 4.81. The second-order valence-corrected chi connectivity index (χ2v) is 3.08. The van der Waals surface area contributed by atoms with E-state index in [1.165, 1.54) is 0 Å². The SMILES string of the molecule is C=CCCCNCC(O)CCC. The van der Waals surface area contributed by atoms with E-state index < -0.39 is 0 Å². The highest BCUT2D eigenvalue weighted by Gasteiger charge is 1.99. The van der Waals surface area contributed by atoms with Gasteiger partial charge in [0.2, 0.25) is 0 Å². The molecule has 0 aromatic carbocycles. The van der Waals surface area contributed by atoms with Crippen LogP contribution in [0.2, 0.25) is 0 Å². The summed E-state index contributed by atoms with van der Waals surface area (Å²) in [5, 5.41) is 12.5. The Kier molecular flexibility index (Phi) is 8.51. The Morgan fingerprint density at radius 3 is 2.92 bits per heavy atom. The maximum Gasteiger partial charge on any atom is 0.0664 e. The van der Waals surface area contributed by atoms with Gasteiger partial charge in [-0.1, -0.05) is 19.4 Å². The summed E-state index contributed by atoms with van der Waals surface area (Å²) in [5.41, 5.74) is 0. The molecule has 0 spiro atoms. The van der Waals surface area contributed by atoms with Crippen molar-refractivity contribution in [2.45, 2.75) is 38.7 Å². The van der Waals surface area contributed by atoms with Crippen molar-refractivity contribution in [3.05, 3.63) is 12.7 Å². The Balaban J connectivity index is 3.02. The molecular formula is C10H21NO. The molecule has 1 unspecified atom stereocenters. The molecule has 2 heteroatoms. The molecule has 0 heterocycles. The van der Waals surface area contributed by atoms with E-state index in [4.69, 9.17) is 0 Å². The zero-order valence-electron chi connectivity index (χ0n) is 8.05. The molecule has 72 valence electrons. The molecule has 1 atom stereocenters. The second-order valence-electron chi connectivity index (χ2n) is 3.08. The highest BCUT2D eigenvalue weighted by molar-refractivity contribution is 4.67. The lowest BCUT2D eigenvalue weighted by Gasteiger charge is -2.09. The van der Waals surface area contributed by atoms with Crippen LogP contribution in [0, 0.1) is 0 Å². The maximum absolute atomic E-state index is 9.32. The average Bonchev–Trinajstić information content (AvgIpc) is 2.05. The lowest BCUT2D eigenvalue weighted by molar-refractivity contribution is 0.161. The number of rotatable bonds is 8. The molecule has 0 fully saturated rings. The number of aliphatic hydroxyl groups is 1. The van der Waals surface area contributed by atoms with Gasteiger partial charge in [-0.2, -0.15) is 0 Å². The minimum absolute atomic E-state index is 0.168. The van der Waals surface area contributed by atoms with Gasteiger partial charge in [0.15, 0.2) is 0 Å². The summed E-state index contributed by atoms with van der Waals surface area (Å²) in [7, 11) is 0. The van der Waals surface area contributed by atoms with Gasteiger partial charge in [-0.15, -0.1) is 6.58 Å². The molecule has 0 amide bonds. The molecule has 0 radical (unpaired) electrons. The summed E-state index contributed by atoms with van der Waals surface area (Å²) >= 11 is 0. The van der Waals surface area contributed by atoms with Crippen molar-refractivity contribution in [3.8, 4) is 0 Å². The minimum Gasteiger partial charge on any atom is -0.392 e. The largest absolute Gasteiger partial charge is 0.392 e. The van der Waals surface area contributed by atoms with Crippen LogP contribution in [-0.4, -0.2) is 24.3 Å². The predicted molar refractivity (Wildman–Crippen MR) is 53.2 cm³/mol. The third kappa shape index (κ3) is 7.76. The molecule has 0 aliphatic heterocycles. The molecule has 2 nitrogen and oxygen atoms in total. The molecule has 2 N–H and O–H groups in total. The van der Waals surface area contributed by atoms with Crippen LogP contribution >= 0.6 is 0 Å². The molecule has 0 aliphatic carbocycles. The molecule has 12 heavy (non-hydrogen) atoms. The van der Waals surface area contributed by atoms with Crippen LogP contribution in [0.1, 0.15) is 32.6 Å². The van der Waals surface area contributed by atoms with E-state index in [1.54, 1.807) is 0 Å². The van der Waals surface area contributed by atoms with Crippen LogP contribution in [0.25, 0.3) is 0 Å². The lowest BCUT2D eigenvalue weighted by atomic mass is 10.2. The van der Waals surface area contributed by atoms with Gasteiger partial charge in [0, 0.05) is 6.54 Å². The topological polar surface area (TPSA) is 32.3 Å². The highest BCUT2D eigenvalue weighted by Crippen LogP contribution is 1.94. The molecule has 0 aromatic heterocycles.